The molecule has 0 spiro atoms. The van der Waals surface area contributed by atoms with E-state index in [0.717, 1.165) is 44.1 Å². The van der Waals surface area contributed by atoms with Crippen molar-refractivity contribution in [2.24, 2.45) is 28.9 Å². The molecule has 0 heterocycles. The summed E-state index contributed by atoms with van der Waals surface area (Å²) in [6.45, 7) is 0. The van der Waals surface area contributed by atoms with Gasteiger partial charge < -0.3 is 5.73 Å². The Balaban J connectivity index is 2.24. The first-order valence-electron chi connectivity index (χ1n) is 8.29. The average Bonchev–Trinajstić information content (AvgIpc) is 2.61. The van der Waals surface area contributed by atoms with Crippen molar-refractivity contribution in [3.05, 3.63) is 35.1 Å². The molecule has 3 atom stereocenters. The first-order chi connectivity index (χ1) is 11.2. The van der Waals surface area contributed by atoms with E-state index < -0.39 is 5.41 Å². The van der Waals surface area contributed by atoms with E-state index in [1.165, 1.54) is 0 Å². The Bertz CT molecular complexity index is 706. The highest BCUT2D eigenvalue weighted by Crippen LogP contribution is 2.55. The number of hydrogen-bond donors (Lipinski definition) is 1. The summed E-state index contributed by atoms with van der Waals surface area (Å²) < 4.78 is 0. The molecule has 4 nitrogen and oxygen atoms in total. The molecule has 0 saturated carbocycles. The lowest BCUT2D eigenvalue weighted by Gasteiger charge is -2.46. The fraction of sp³-hybridized carbons (Fsp3) is 0.526. The third-order valence-electron chi connectivity index (χ3n) is 5.62. The van der Waals surface area contributed by atoms with Crippen molar-refractivity contribution in [3.63, 3.8) is 0 Å². The lowest BCUT2D eigenvalue weighted by molar-refractivity contribution is 0.167. The quantitative estimate of drug-likeness (QED) is 0.750. The molecule has 0 bridgehead atoms. The summed E-state index contributed by atoms with van der Waals surface area (Å²) in [6.07, 6.45) is 12.4. The molecule has 0 aromatic rings. The average molecular weight is 304 g/mol. The summed E-state index contributed by atoms with van der Waals surface area (Å²) in [5.41, 5.74) is 6.36. The van der Waals surface area contributed by atoms with Gasteiger partial charge in [-0.1, -0.05) is 18.2 Å². The third-order valence-corrected chi connectivity index (χ3v) is 5.62. The molecule has 2 N–H and O–H groups in total. The lowest BCUT2D eigenvalue weighted by Crippen LogP contribution is -2.47. The van der Waals surface area contributed by atoms with E-state index in [9.17, 15) is 15.8 Å². The highest BCUT2D eigenvalue weighted by molar-refractivity contribution is 5.56. The first-order valence-corrected chi connectivity index (χ1v) is 8.29. The number of nitrogens with two attached hydrogens (primary N) is 1. The predicted molar refractivity (Wildman–Crippen MR) is 85.9 cm³/mol. The third kappa shape index (κ3) is 2.16. The molecule has 0 aliphatic heterocycles. The molecular formula is C19H20N4. The number of hydrogen-bond acceptors (Lipinski definition) is 4. The number of allylic oxidation sites excluding steroid dienone is 6. The molecule has 0 aromatic heterocycles. The van der Waals surface area contributed by atoms with Crippen LogP contribution in [-0.4, -0.2) is 0 Å². The van der Waals surface area contributed by atoms with Gasteiger partial charge in [-0.15, -0.1) is 0 Å². The summed E-state index contributed by atoms with van der Waals surface area (Å²) in [4.78, 5) is 0. The SMILES string of the molecule is N#CC1=C(N)C(C#N)(C#N)[C@H]([C@@H]2C=CCCC2)[C@H]2CCCC=C12. The van der Waals surface area contributed by atoms with Crippen LogP contribution in [0.1, 0.15) is 38.5 Å². The maximum absolute atomic E-state index is 9.88. The van der Waals surface area contributed by atoms with Crippen LogP contribution in [0.2, 0.25) is 0 Å². The van der Waals surface area contributed by atoms with Crippen LogP contribution in [-0.2, 0) is 0 Å². The van der Waals surface area contributed by atoms with Crippen molar-refractivity contribution in [2.75, 3.05) is 0 Å². The van der Waals surface area contributed by atoms with Crippen molar-refractivity contribution in [1.29, 1.82) is 15.8 Å². The van der Waals surface area contributed by atoms with Gasteiger partial charge in [-0.3, -0.25) is 0 Å². The molecule has 23 heavy (non-hydrogen) atoms. The van der Waals surface area contributed by atoms with Gasteiger partial charge in [0, 0.05) is 5.92 Å². The Morgan fingerprint density at radius 3 is 2.43 bits per heavy atom. The molecule has 3 rings (SSSR count). The predicted octanol–water partition coefficient (Wildman–Crippen LogP) is 3.47. The van der Waals surface area contributed by atoms with Crippen LogP contribution in [0.3, 0.4) is 0 Å². The topological polar surface area (TPSA) is 97.4 Å². The Morgan fingerprint density at radius 1 is 1.09 bits per heavy atom. The van der Waals surface area contributed by atoms with Gasteiger partial charge in [0.1, 0.15) is 6.07 Å². The summed E-state index contributed by atoms with van der Waals surface area (Å²) in [5.74, 6) is 0.101. The van der Waals surface area contributed by atoms with Crippen LogP contribution in [0.4, 0.5) is 0 Å². The van der Waals surface area contributed by atoms with E-state index >= 15 is 0 Å². The zero-order chi connectivity index (χ0) is 16.4. The smallest absolute Gasteiger partial charge is 0.187 e. The van der Waals surface area contributed by atoms with Crippen LogP contribution in [0.25, 0.3) is 0 Å². The van der Waals surface area contributed by atoms with E-state index in [4.69, 9.17) is 5.73 Å². The Morgan fingerprint density at radius 2 is 1.83 bits per heavy atom. The van der Waals surface area contributed by atoms with Crippen molar-refractivity contribution in [3.8, 4) is 18.2 Å². The number of nitriles is 3. The van der Waals surface area contributed by atoms with Gasteiger partial charge in [-0.25, -0.2) is 0 Å². The summed E-state index contributed by atoms with van der Waals surface area (Å²) in [7, 11) is 0. The van der Waals surface area contributed by atoms with Crippen LogP contribution in [0.15, 0.2) is 35.1 Å². The van der Waals surface area contributed by atoms with Gasteiger partial charge in [0.2, 0.25) is 0 Å². The van der Waals surface area contributed by atoms with Gasteiger partial charge >= 0.3 is 0 Å². The summed E-state index contributed by atoms with van der Waals surface area (Å²) in [5, 5.41) is 29.3. The minimum atomic E-state index is -1.39. The normalized spacial score (nSPS) is 32.0. The minimum absolute atomic E-state index is 0.0812. The molecule has 0 fully saturated rings. The number of nitrogens with zero attached hydrogens (tertiary/aromatic N) is 3. The zero-order valence-corrected chi connectivity index (χ0v) is 13.1. The summed E-state index contributed by atoms with van der Waals surface area (Å²) in [6, 6.07) is 6.58. The molecular weight excluding hydrogens is 284 g/mol. The van der Waals surface area contributed by atoms with Crippen LogP contribution in [0, 0.1) is 57.2 Å². The van der Waals surface area contributed by atoms with Gasteiger partial charge in [-0.2, -0.15) is 15.8 Å². The van der Waals surface area contributed by atoms with E-state index in [-0.39, 0.29) is 23.5 Å². The Kier molecular flexibility index (Phi) is 3.97. The minimum Gasteiger partial charge on any atom is -0.399 e. The Labute approximate surface area is 137 Å². The fourth-order valence-corrected chi connectivity index (χ4v) is 4.57. The molecule has 4 heteroatoms. The maximum Gasteiger partial charge on any atom is 0.187 e. The van der Waals surface area contributed by atoms with Crippen molar-refractivity contribution >= 4 is 0 Å². The second kappa shape index (κ2) is 5.94. The van der Waals surface area contributed by atoms with Crippen molar-refractivity contribution < 1.29 is 0 Å². The molecule has 3 aliphatic rings. The van der Waals surface area contributed by atoms with Crippen LogP contribution >= 0.6 is 0 Å². The van der Waals surface area contributed by atoms with Crippen molar-refractivity contribution in [2.45, 2.75) is 38.5 Å². The van der Waals surface area contributed by atoms with E-state index in [1.807, 2.05) is 0 Å². The molecule has 0 saturated heterocycles. The summed E-state index contributed by atoms with van der Waals surface area (Å²) >= 11 is 0. The fourth-order valence-electron chi connectivity index (χ4n) is 4.57. The van der Waals surface area contributed by atoms with Gasteiger partial charge in [0.15, 0.2) is 5.41 Å². The maximum atomic E-state index is 9.88. The molecule has 0 unspecified atom stereocenters. The second-order valence-corrected chi connectivity index (χ2v) is 6.68. The highest BCUT2D eigenvalue weighted by Gasteiger charge is 2.55. The van der Waals surface area contributed by atoms with Gasteiger partial charge in [-0.05, 0) is 55.9 Å². The molecule has 3 aliphatic carbocycles. The molecule has 0 amide bonds. The van der Waals surface area contributed by atoms with E-state index in [0.29, 0.717) is 5.57 Å². The van der Waals surface area contributed by atoms with Crippen LogP contribution in [0.5, 0.6) is 0 Å². The highest BCUT2D eigenvalue weighted by atomic mass is 14.7. The number of rotatable bonds is 1. The second-order valence-electron chi connectivity index (χ2n) is 6.68. The van der Waals surface area contributed by atoms with E-state index in [2.05, 4.69) is 36.4 Å². The molecule has 0 aromatic carbocycles. The number of fused-ring (bicyclic) bond motifs is 1. The standard InChI is InChI=1S/C19H20N4/c20-10-16-14-8-4-5-9-15(14)17(13-6-2-1-3-7-13)19(11-21,12-22)18(16)23/h2,6,8,13,15,17H,1,3-5,7,9,23H2/t13-,15+,17-/m1/s1. The van der Waals surface area contributed by atoms with Gasteiger partial charge in [0.05, 0.1) is 23.4 Å². The Hall–Kier alpha value is -2.51. The zero-order valence-electron chi connectivity index (χ0n) is 13.1. The van der Waals surface area contributed by atoms with E-state index in [1.54, 1.807) is 0 Å². The largest absolute Gasteiger partial charge is 0.399 e. The van der Waals surface area contributed by atoms with Gasteiger partial charge in [0.25, 0.3) is 0 Å². The monoisotopic (exact) mass is 304 g/mol. The first kappa shape index (κ1) is 15.4. The van der Waals surface area contributed by atoms with Crippen molar-refractivity contribution in [1.82, 2.24) is 0 Å². The molecule has 0 radical (unpaired) electrons. The lowest BCUT2D eigenvalue weighted by atomic mass is 9.54. The van der Waals surface area contributed by atoms with Crippen LogP contribution < -0.4 is 5.73 Å². The molecule has 116 valence electrons.